The number of hydrogen-bond acceptors (Lipinski definition) is 6. The monoisotopic (exact) mass is 688 g/mol. The first-order valence-electron chi connectivity index (χ1n) is 17.2. The second-order valence-electron chi connectivity index (χ2n) is 14.6. The predicted octanol–water partition coefficient (Wildman–Crippen LogP) is 5.92. The van der Waals surface area contributed by atoms with Crippen LogP contribution in [0.1, 0.15) is 74.6 Å². The van der Waals surface area contributed by atoms with Crippen molar-refractivity contribution in [3.63, 3.8) is 0 Å². The molecule has 0 saturated carbocycles. The van der Waals surface area contributed by atoms with E-state index in [1.807, 2.05) is 17.9 Å². The number of amidine groups is 1. The van der Waals surface area contributed by atoms with Gasteiger partial charge in [0.2, 0.25) is 0 Å². The third-order valence-electron chi connectivity index (χ3n) is 9.67. The Kier molecular flexibility index (Phi) is 10.6. The minimum absolute atomic E-state index is 0.201. The van der Waals surface area contributed by atoms with Gasteiger partial charge >= 0.3 is 6.03 Å². The van der Waals surface area contributed by atoms with Gasteiger partial charge in [0.25, 0.3) is 10.2 Å². The number of piperazine rings is 1. The molecule has 2 aliphatic heterocycles. The molecule has 264 valence electrons. The van der Waals surface area contributed by atoms with Crippen LogP contribution in [0, 0.1) is 13.8 Å². The molecule has 11 heteroatoms. The fourth-order valence-corrected chi connectivity index (χ4v) is 7.65. The van der Waals surface area contributed by atoms with Gasteiger partial charge in [0.1, 0.15) is 17.1 Å². The van der Waals surface area contributed by atoms with E-state index in [0.29, 0.717) is 30.2 Å². The maximum absolute atomic E-state index is 14.9. The van der Waals surface area contributed by atoms with Crippen molar-refractivity contribution in [3.05, 3.63) is 94.3 Å². The van der Waals surface area contributed by atoms with Crippen molar-refractivity contribution < 1.29 is 17.9 Å². The van der Waals surface area contributed by atoms with E-state index in [4.69, 9.17) is 14.7 Å². The quantitative estimate of drug-likeness (QED) is 0.278. The van der Waals surface area contributed by atoms with Gasteiger partial charge in [0.15, 0.2) is 0 Å². The molecule has 2 aliphatic rings. The molecule has 0 spiro atoms. The first-order valence-corrected chi connectivity index (χ1v) is 18.6. The Morgan fingerprint density at radius 1 is 0.980 bits per heavy atom. The fourth-order valence-electron chi connectivity index (χ4n) is 6.56. The van der Waals surface area contributed by atoms with E-state index in [9.17, 15) is 13.2 Å². The van der Waals surface area contributed by atoms with Crippen molar-refractivity contribution in [1.82, 2.24) is 23.4 Å². The van der Waals surface area contributed by atoms with Crippen LogP contribution < -0.4 is 4.74 Å². The van der Waals surface area contributed by atoms with Gasteiger partial charge in [-0.15, -0.1) is 0 Å². The van der Waals surface area contributed by atoms with Crippen molar-refractivity contribution >= 4 is 22.1 Å². The number of aromatic nitrogens is 1. The molecular weight excluding hydrogens is 637 g/mol. The lowest BCUT2D eigenvalue weighted by atomic mass is 9.82. The highest BCUT2D eigenvalue weighted by molar-refractivity contribution is 7.86. The second kappa shape index (κ2) is 14.2. The van der Waals surface area contributed by atoms with Gasteiger partial charge in [0.05, 0.1) is 18.2 Å². The Hall–Kier alpha value is -3.80. The summed E-state index contributed by atoms with van der Waals surface area (Å²) < 4.78 is 34.7. The first kappa shape index (κ1) is 36.5. The molecule has 2 aromatic carbocycles. The summed E-state index contributed by atoms with van der Waals surface area (Å²) in [4.78, 5) is 28.9. The summed E-state index contributed by atoms with van der Waals surface area (Å²) in [6.45, 7) is 15.9. The Morgan fingerprint density at radius 2 is 1.57 bits per heavy atom. The van der Waals surface area contributed by atoms with Crippen LogP contribution in [-0.4, -0.2) is 96.6 Å². The number of benzene rings is 2. The normalized spacial score (nSPS) is 20.5. The molecule has 2 atom stereocenters. The third kappa shape index (κ3) is 7.54. The van der Waals surface area contributed by atoms with E-state index in [-0.39, 0.29) is 43.7 Å². The molecule has 0 bridgehead atoms. The van der Waals surface area contributed by atoms with Crippen LogP contribution in [0.4, 0.5) is 4.79 Å². The molecule has 5 rings (SSSR count). The molecule has 49 heavy (non-hydrogen) atoms. The van der Waals surface area contributed by atoms with Crippen LogP contribution in [0.15, 0.2) is 65.8 Å². The van der Waals surface area contributed by atoms with Gasteiger partial charge in [-0.05, 0) is 51.7 Å². The average molecular weight is 689 g/mol. The molecule has 0 N–H and O–H groups in total. The van der Waals surface area contributed by atoms with Gasteiger partial charge in [-0.25, -0.2) is 4.79 Å². The van der Waals surface area contributed by atoms with E-state index < -0.39 is 15.7 Å². The summed E-state index contributed by atoms with van der Waals surface area (Å²) in [5, 5.41) is 0. The van der Waals surface area contributed by atoms with Gasteiger partial charge < -0.3 is 9.64 Å². The number of aliphatic imine (C=N–C) groups is 1. The van der Waals surface area contributed by atoms with Crippen LogP contribution in [0.25, 0.3) is 0 Å². The maximum atomic E-state index is 14.9. The molecule has 0 unspecified atom stereocenters. The van der Waals surface area contributed by atoms with Crippen LogP contribution in [-0.2, 0) is 27.6 Å². The Morgan fingerprint density at radius 3 is 2.12 bits per heavy atom. The molecule has 1 saturated heterocycles. The van der Waals surface area contributed by atoms with Crippen LogP contribution >= 0.6 is 0 Å². The third-order valence-corrected chi connectivity index (χ3v) is 11.6. The number of ether oxygens (including phenoxy) is 1. The Balaban J connectivity index is 1.63. The number of aryl methyl sites for hydroxylation is 3. The number of rotatable bonds is 9. The summed E-state index contributed by atoms with van der Waals surface area (Å²) in [5.41, 5.74) is 5.08. The number of nitrogens with zero attached hydrogens (tertiary/aromatic N) is 6. The number of pyridine rings is 1. The summed E-state index contributed by atoms with van der Waals surface area (Å²) in [6, 6.07) is 18.3. The molecule has 10 nitrogen and oxygen atoms in total. The van der Waals surface area contributed by atoms with Gasteiger partial charge in [-0.1, -0.05) is 80.4 Å². The largest absolute Gasteiger partial charge is 0.493 e. The van der Waals surface area contributed by atoms with Crippen molar-refractivity contribution in [2.75, 3.05) is 46.9 Å². The summed E-state index contributed by atoms with van der Waals surface area (Å²) in [7, 11) is -0.541. The summed E-state index contributed by atoms with van der Waals surface area (Å²) in [5.74, 6) is 1.15. The SMILES string of the molecule is CCOc1cc(C(C)(C)C)ncc1C1=N[C@@](C)(c2ccc(C)cc2)[C@H](CCc2ccc(C)cc2)N1C(=O)N1CCN(S(=O)(=O)N(C)C)CC1. The zero-order chi connectivity index (χ0) is 35.7. The summed E-state index contributed by atoms with van der Waals surface area (Å²) in [6.07, 6.45) is 3.19. The zero-order valence-corrected chi connectivity index (χ0v) is 31.3. The summed E-state index contributed by atoms with van der Waals surface area (Å²) >= 11 is 0. The number of urea groups is 1. The van der Waals surface area contributed by atoms with Crippen molar-refractivity contribution in [2.24, 2.45) is 4.99 Å². The van der Waals surface area contributed by atoms with E-state index in [1.165, 1.54) is 33.8 Å². The highest BCUT2D eigenvalue weighted by Crippen LogP contribution is 2.43. The average Bonchev–Trinajstić information content (AvgIpc) is 3.36. The molecular formula is C38H52N6O4S. The van der Waals surface area contributed by atoms with E-state index in [1.54, 1.807) is 11.1 Å². The van der Waals surface area contributed by atoms with Gasteiger partial charge in [0, 0.05) is 63.6 Å². The van der Waals surface area contributed by atoms with Crippen molar-refractivity contribution in [3.8, 4) is 5.75 Å². The molecule has 2 amide bonds. The van der Waals surface area contributed by atoms with E-state index in [0.717, 1.165) is 23.2 Å². The predicted molar refractivity (Wildman–Crippen MR) is 195 cm³/mol. The molecule has 1 aromatic heterocycles. The highest BCUT2D eigenvalue weighted by atomic mass is 32.2. The lowest BCUT2D eigenvalue weighted by Crippen LogP contribution is -2.58. The minimum Gasteiger partial charge on any atom is -0.493 e. The van der Waals surface area contributed by atoms with Gasteiger partial charge in [-0.3, -0.25) is 14.9 Å². The van der Waals surface area contributed by atoms with Crippen LogP contribution in [0.2, 0.25) is 0 Å². The lowest BCUT2D eigenvalue weighted by Gasteiger charge is -2.40. The molecule has 0 aliphatic carbocycles. The standard InChI is InChI=1S/C38H52N6O4S/c1-10-48-32-25-33(37(4,5)6)39-26-31(32)35-40-38(7,30-18-13-28(3)14-19-30)34(20-17-29-15-11-27(2)12-16-29)44(35)36(45)42-21-23-43(24-22-42)49(46,47)41(8)9/h11-16,18-19,25-26,34H,10,17,20-24H2,1-9H3/t34-,38-/m0/s1. The minimum atomic E-state index is -3.59. The molecule has 3 aromatic rings. The Labute approximate surface area is 293 Å². The number of carbonyl (C=O) groups excluding carboxylic acids is 1. The first-order chi connectivity index (χ1) is 23.1. The molecule has 0 radical (unpaired) electrons. The van der Waals surface area contributed by atoms with Gasteiger partial charge in [-0.2, -0.15) is 17.0 Å². The van der Waals surface area contributed by atoms with E-state index >= 15 is 0 Å². The number of amides is 2. The van der Waals surface area contributed by atoms with E-state index in [2.05, 4.69) is 90.1 Å². The van der Waals surface area contributed by atoms with Crippen LogP contribution in [0.3, 0.4) is 0 Å². The van der Waals surface area contributed by atoms with Crippen LogP contribution in [0.5, 0.6) is 5.75 Å². The van der Waals surface area contributed by atoms with Crippen molar-refractivity contribution in [2.45, 2.75) is 78.3 Å². The zero-order valence-electron chi connectivity index (χ0n) is 30.5. The second-order valence-corrected chi connectivity index (χ2v) is 16.7. The maximum Gasteiger partial charge on any atom is 0.326 e. The highest BCUT2D eigenvalue weighted by Gasteiger charge is 2.51. The number of hydrogen-bond donors (Lipinski definition) is 0. The number of carbonyl (C=O) groups is 1. The molecule has 3 heterocycles. The van der Waals surface area contributed by atoms with Crippen molar-refractivity contribution in [1.29, 1.82) is 0 Å². The topological polar surface area (TPSA) is 98.6 Å². The molecule has 1 fully saturated rings. The lowest BCUT2D eigenvalue weighted by molar-refractivity contribution is 0.133. The smallest absolute Gasteiger partial charge is 0.326 e. The fraction of sp³-hybridized carbons (Fsp3) is 0.500. The Bertz CT molecular complexity index is 1780.